The summed E-state index contributed by atoms with van der Waals surface area (Å²) in [7, 11) is 4.47. The molecule has 0 saturated heterocycles. The number of hydrogen-bond acceptors (Lipinski definition) is 7. The minimum absolute atomic E-state index is 0.100. The number of nitrogens with one attached hydrogen (secondary N) is 2. The fraction of sp³-hybridized carbons (Fsp3) is 0.235. The summed E-state index contributed by atoms with van der Waals surface area (Å²) in [6.45, 7) is 0.100. The van der Waals surface area contributed by atoms with Gasteiger partial charge in [-0.25, -0.2) is 5.43 Å². The third-order valence-electron chi connectivity index (χ3n) is 3.32. The number of rotatable bonds is 7. The van der Waals surface area contributed by atoms with Gasteiger partial charge < -0.3 is 23.9 Å². The Morgan fingerprint density at radius 3 is 2.35 bits per heavy atom. The van der Waals surface area contributed by atoms with Crippen LogP contribution in [0.4, 0.5) is 0 Å². The number of carbonyl (C=O) groups excluding carboxylic acids is 2. The van der Waals surface area contributed by atoms with Crippen molar-refractivity contribution in [3.63, 3.8) is 0 Å². The van der Waals surface area contributed by atoms with Crippen LogP contribution in [-0.2, 0) is 16.1 Å². The molecule has 0 spiro atoms. The van der Waals surface area contributed by atoms with E-state index in [2.05, 4.69) is 15.8 Å². The second kappa shape index (κ2) is 9.11. The molecule has 9 nitrogen and oxygen atoms in total. The van der Waals surface area contributed by atoms with E-state index in [1.54, 1.807) is 24.3 Å². The lowest BCUT2D eigenvalue weighted by Crippen LogP contribution is -2.37. The number of furan rings is 1. The van der Waals surface area contributed by atoms with E-state index in [1.807, 2.05) is 0 Å². The van der Waals surface area contributed by atoms with E-state index in [0.29, 0.717) is 28.6 Å². The zero-order valence-electron chi connectivity index (χ0n) is 14.6. The average Bonchev–Trinajstić information content (AvgIpc) is 3.19. The molecule has 9 heteroatoms. The monoisotopic (exact) mass is 361 g/mol. The highest BCUT2D eigenvalue weighted by atomic mass is 16.5. The second-order valence-corrected chi connectivity index (χ2v) is 4.91. The van der Waals surface area contributed by atoms with E-state index >= 15 is 0 Å². The van der Waals surface area contributed by atoms with Gasteiger partial charge in [-0.3, -0.25) is 9.59 Å². The molecule has 2 rings (SSSR count). The van der Waals surface area contributed by atoms with Gasteiger partial charge in [0.2, 0.25) is 0 Å². The minimum Gasteiger partial charge on any atom is -0.496 e. The van der Waals surface area contributed by atoms with Crippen molar-refractivity contribution in [2.45, 2.75) is 6.54 Å². The molecule has 138 valence electrons. The van der Waals surface area contributed by atoms with Crippen molar-refractivity contribution in [2.75, 3.05) is 21.3 Å². The van der Waals surface area contributed by atoms with Gasteiger partial charge in [0.1, 0.15) is 23.0 Å². The summed E-state index contributed by atoms with van der Waals surface area (Å²) in [6.07, 6.45) is 2.79. The molecule has 2 amide bonds. The molecule has 0 aliphatic heterocycles. The van der Waals surface area contributed by atoms with E-state index < -0.39 is 11.8 Å². The lowest BCUT2D eigenvalue weighted by atomic mass is 10.2. The summed E-state index contributed by atoms with van der Waals surface area (Å²) in [4.78, 5) is 23.5. The predicted octanol–water partition coefficient (Wildman–Crippen LogP) is 1.07. The number of benzene rings is 1. The third kappa shape index (κ3) is 4.76. The van der Waals surface area contributed by atoms with Crippen LogP contribution in [0.25, 0.3) is 0 Å². The van der Waals surface area contributed by atoms with Gasteiger partial charge in [0.05, 0.1) is 45.9 Å². The van der Waals surface area contributed by atoms with Gasteiger partial charge >= 0.3 is 11.8 Å². The van der Waals surface area contributed by atoms with E-state index in [9.17, 15) is 9.59 Å². The van der Waals surface area contributed by atoms with E-state index in [0.717, 1.165) is 0 Å². The molecule has 26 heavy (non-hydrogen) atoms. The van der Waals surface area contributed by atoms with Crippen molar-refractivity contribution in [2.24, 2.45) is 5.10 Å². The van der Waals surface area contributed by atoms with Gasteiger partial charge in [-0.05, 0) is 12.1 Å². The summed E-state index contributed by atoms with van der Waals surface area (Å²) in [5.41, 5.74) is 2.62. The molecule has 1 aromatic heterocycles. The standard InChI is InChI=1S/C17H19N3O6/c1-23-12-7-14(24-2)13(15(8-12)25-3)10-19-20-17(22)16(21)18-9-11-5-4-6-26-11/h4-8,10H,9H2,1-3H3,(H,18,21)(H,20,22)/b19-10-. The zero-order chi connectivity index (χ0) is 18.9. The van der Waals surface area contributed by atoms with Crippen molar-refractivity contribution in [3.05, 3.63) is 41.9 Å². The maximum atomic E-state index is 11.8. The molecular weight excluding hydrogens is 342 g/mol. The van der Waals surface area contributed by atoms with Gasteiger partial charge in [-0.1, -0.05) is 0 Å². The zero-order valence-corrected chi connectivity index (χ0v) is 14.6. The van der Waals surface area contributed by atoms with Gasteiger partial charge in [-0.2, -0.15) is 5.10 Å². The van der Waals surface area contributed by atoms with Crippen LogP contribution in [0.3, 0.4) is 0 Å². The molecule has 0 aliphatic rings. The number of nitrogens with zero attached hydrogens (tertiary/aromatic N) is 1. The van der Waals surface area contributed by atoms with E-state index in [-0.39, 0.29) is 6.54 Å². The molecule has 0 radical (unpaired) electrons. The summed E-state index contributed by atoms with van der Waals surface area (Å²) in [6, 6.07) is 6.64. The first kappa shape index (κ1) is 18.8. The number of amides is 2. The highest BCUT2D eigenvalue weighted by Crippen LogP contribution is 2.32. The van der Waals surface area contributed by atoms with Gasteiger partial charge in [0, 0.05) is 12.1 Å². The first-order chi connectivity index (χ1) is 12.6. The Morgan fingerprint density at radius 1 is 1.12 bits per heavy atom. The maximum absolute atomic E-state index is 11.8. The smallest absolute Gasteiger partial charge is 0.329 e. The minimum atomic E-state index is -0.917. The Labute approximate surface area is 149 Å². The van der Waals surface area contributed by atoms with Gasteiger partial charge in [0.25, 0.3) is 0 Å². The van der Waals surface area contributed by atoms with Crippen LogP contribution in [0.1, 0.15) is 11.3 Å². The van der Waals surface area contributed by atoms with Crippen molar-refractivity contribution in [3.8, 4) is 17.2 Å². The number of hydrazone groups is 1. The van der Waals surface area contributed by atoms with Crippen molar-refractivity contribution in [1.82, 2.24) is 10.7 Å². The lowest BCUT2D eigenvalue weighted by molar-refractivity contribution is -0.139. The lowest BCUT2D eigenvalue weighted by Gasteiger charge is -2.12. The predicted molar refractivity (Wildman–Crippen MR) is 92.4 cm³/mol. The Morgan fingerprint density at radius 2 is 1.81 bits per heavy atom. The maximum Gasteiger partial charge on any atom is 0.329 e. The summed E-state index contributed by atoms with van der Waals surface area (Å²) in [5, 5.41) is 6.18. The normalized spacial score (nSPS) is 10.4. The van der Waals surface area contributed by atoms with Crippen LogP contribution in [0.15, 0.2) is 40.0 Å². The Balaban J connectivity index is 2.00. The molecule has 0 aliphatic carbocycles. The van der Waals surface area contributed by atoms with Crippen LogP contribution < -0.4 is 25.0 Å². The summed E-state index contributed by atoms with van der Waals surface area (Å²) < 4.78 is 20.7. The topological polar surface area (TPSA) is 111 Å². The molecule has 1 heterocycles. The molecule has 0 atom stereocenters. The van der Waals surface area contributed by atoms with Crippen molar-refractivity contribution in [1.29, 1.82) is 0 Å². The molecule has 0 unspecified atom stereocenters. The van der Waals surface area contributed by atoms with Crippen LogP contribution in [-0.4, -0.2) is 39.4 Å². The molecule has 0 fully saturated rings. The second-order valence-electron chi connectivity index (χ2n) is 4.91. The van der Waals surface area contributed by atoms with Gasteiger partial charge in [-0.15, -0.1) is 0 Å². The Hall–Kier alpha value is -3.49. The Kier molecular flexibility index (Phi) is 6.60. The average molecular weight is 361 g/mol. The number of ether oxygens (including phenoxy) is 3. The van der Waals surface area contributed by atoms with Crippen LogP contribution >= 0.6 is 0 Å². The SMILES string of the molecule is COc1cc(OC)c(/C=N\NC(=O)C(=O)NCc2ccco2)c(OC)c1. The highest BCUT2D eigenvalue weighted by molar-refractivity contribution is 6.35. The first-order valence-electron chi connectivity index (χ1n) is 7.52. The van der Waals surface area contributed by atoms with E-state index in [1.165, 1.54) is 33.8 Å². The summed E-state index contributed by atoms with van der Waals surface area (Å²) in [5.74, 6) is 0.175. The molecule has 1 aromatic carbocycles. The highest BCUT2D eigenvalue weighted by Gasteiger charge is 2.14. The van der Waals surface area contributed by atoms with Crippen LogP contribution in [0.5, 0.6) is 17.2 Å². The molecule has 2 N–H and O–H groups in total. The first-order valence-corrected chi connectivity index (χ1v) is 7.52. The quantitative estimate of drug-likeness (QED) is 0.433. The third-order valence-corrected chi connectivity index (χ3v) is 3.32. The molecular formula is C17H19N3O6. The van der Waals surface area contributed by atoms with Crippen molar-refractivity contribution < 1.29 is 28.2 Å². The van der Waals surface area contributed by atoms with Crippen LogP contribution in [0, 0.1) is 0 Å². The summed E-state index contributed by atoms with van der Waals surface area (Å²) >= 11 is 0. The molecule has 0 bridgehead atoms. The van der Waals surface area contributed by atoms with E-state index in [4.69, 9.17) is 18.6 Å². The fourth-order valence-corrected chi connectivity index (χ4v) is 2.03. The van der Waals surface area contributed by atoms with Crippen LogP contribution in [0.2, 0.25) is 0 Å². The van der Waals surface area contributed by atoms with Gasteiger partial charge in [0.15, 0.2) is 0 Å². The number of carbonyl (C=O) groups is 2. The number of methoxy groups -OCH3 is 3. The molecule has 2 aromatic rings. The molecule has 0 saturated carbocycles. The largest absolute Gasteiger partial charge is 0.496 e. The Bertz CT molecular complexity index is 761. The fourth-order valence-electron chi connectivity index (χ4n) is 2.03. The number of hydrogen-bond donors (Lipinski definition) is 2. The van der Waals surface area contributed by atoms with Crippen molar-refractivity contribution >= 4 is 18.0 Å².